The summed E-state index contributed by atoms with van der Waals surface area (Å²) in [7, 11) is 0. The van der Waals surface area contributed by atoms with Gasteiger partial charge in [0, 0.05) is 0 Å². The van der Waals surface area contributed by atoms with Gasteiger partial charge >= 0.3 is 0 Å². The number of hydrogen-bond acceptors (Lipinski definition) is 6. The fourth-order valence-corrected chi connectivity index (χ4v) is 2.51. The molecule has 0 bridgehead atoms. The van der Waals surface area contributed by atoms with E-state index < -0.39 is 23.8 Å². The van der Waals surface area contributed by atoms with Crippen LogP contribution in [0.4, 0.5) is 5.69 Å². The normalized spacial score (nSPS) is 12.2. The number of rotatable bonds is 6. The zero-order chi connectivity index (χ0) is 19.3. The minimum Gasteiger partial charge on any atom is -0.459 e. The number of para-hydroxylation sites is 1. The Morgan fingerprint density at radius 1 is 1.38 bits per heavy atom. The standard InChI is InChI=1S/C17H15ClN4O4/c1-10-5-3-6-12(18)15(10)22(17(24)14-7-4-8-25-14)11(2)26-21-13(9-19)16(20)23/h3-8,11H,1-2H3,(H2,20,23). The van der Waals surface area contributed by atoms with Crippen LogP contribution in [0.2, 0.25) is 5.02 Å². The summed E-state index contributed by atoms with van der Waals surface area (Å²) in [6, 6.07) is 9.69. The first-order valence-electron chi connectivity index (χ1n) is 7.42. The molecule has 0 spiro atoms. The summed E-state index contributed by atoms with van der Waals surface area (Å²) in [5.74, 6) is -1.52. The van der Waals surface area contributed by atoms with Crippen molar-refractivity contribution in [2.24, 2.45) is 10.9 Å². The molecule has 8 nitrogen and oxygen atoms in total. The molecule has 1 atom stereocenters. The predicted octanol–water partition coefficient (Wildman–Crippen LogP) is 2.62. The number of oxime groups is 1. The van der Waals surface area contributed by atoms with Crippen LogP contribution >= 0.6 is 11.6 Å². The van der Waals surface area contributed by atoms with Crippen molar-refractivity contribution < 1.29 is 18.8 Å². The van der Waals surface area contributed by atoms with Crippen molar-refractivity contribution in [2.75, 3.05) is 4.90 Å². The van der Waals surface area contributed by atoms with Crippen molar-refractivity contribution in [3.05, 3.63) is 52.9 Å². The SMILES string of the molecule is Cc1cccc(Cl)c1N(C(=O)c1ccco1)C(C)ON=C(C#N)C(N)=O. The predicted molar refractivity (Wildman–Crippen MR) is 94.5 cm³/mol. The Morgan fingerprint density at radius 3 is 2.65 bits per heavy atom. The van der Waals surface area contributed by atoms with E-state index in [-0.39, 0.29) is 5.76 Å². The van der Waals surface area contributed by atoms with Gasteiger partial charge in [0.25, 0.3) is 11.8 Å². The van der Waals surface area contributed by atoms with Crippen LogP contribution in [0.25, 0.3) is 0 Å². The van der Waals surface area contributed by atoms with Crippen LogP contribution < -0.4 is 10.6 Å². The largest absolute Gasteiger partial charge is 0.459 e. The summed E-state index contributed by atoms with van der Waals surface area (Å²) < 4.78 is 5.16. The number of halogens is 1. The van der Waals surface area contributed by atoms with E-state index in [1.807, 2.05) is 0 Å². The Labute approximate surface area is 154 Å². The van der Waals surface area contributed by atoms with Gasteiger partial charge < -0.3 is 15.0 Å². The quantitative estimate of drug-likeness (QED) is 0.473. The van der Waals surface area contributed by atoms with Crippen molar-refractivity contribution in [1.29, 1.82) is 5.26 Å². The highest BCUT2D eigenvalue weighted by atomic mass is 35.5. The monoisotopic (exact) mass is 374 g/mol. The molecule has 1 aromatic carbocycles. The molecule has 0 saturated heterocycles. The lowest BCUT2D eigenvalue weighted by Crippen LogP contribution is -2.40. The maximum absolute atomic E-state index is 12.9. The second-order valence-corrected chi connectivity index (χ2v) is 5.59. The lowest BCUT2D eigenvalue weighted by Gasteiger charge is -2.28. The summed E-state index contributed by atoms with van der Waals surface area (Å²) in [4.78, 5) is 30.4. The van der Waals surface area contributed by atoms with Crippen molar-refractivity contribution in [3.63, 3.8) is 0 Å². The van der Waals surface area contributed by atoms with Crippen molar-refractivity contribution >= 4 is 34.8 Å². The Morgan fingerprint density at radius 2 is 2.12 bits per heavy atom. The Kier molecular flexibility index (Phi) is 5.98. The van der Waals surface area contributed by atoms with E-state index in [9.17, 15) is 9.59 Å². The highest BCUT2D eigenvalue weighted by Gasteiger charge is 2.29. The number of carbonyl (C=O) groups excluding carboxylic acids is 2. The summed E-state index contributed by atoms with van der Waals surface area (Å²) in [5, 5.41) is 12.6. The first-order chi connectivity index (χ1) is 12.4. The van der Waals surface area contributed by atoms with Crippen molar-refractivity contribution in [1.82, 2.24) is 0 Å². The highest BCUT2D eigenvalue weighted by Crippen LogP contribution is 2.32. The highest BCUT2D eigenvalue weighted by molar-refractivity contribution is 6.44. The van der Waals surface area contributed by atoms with Crippen LogP contribution in [0.3, 0.4) is 0 Å². The van der Waals surface area contributed by atoms with Crippen LogP contribution in [0.5, 0.6) is 0 Å². The topological polar surface area (TPSA) is 122 Å². The molecule has 2 amide bonds. The van der Waals surface area contributed by atoms with E-state index in [4.69, 9.17) is 31.9 Å². The molecule has 0 saturated carbocycles. The molecular formula is C17H15ClN4O4. The second-order valence-electron chi connectivity index (χ2n) is 5.18. The number of carbonyl (C=O) groups is 2. The maximum Gasteiger partial charge on any atom is 0.297 e. The van der Waals surface area contributed by atoms with Gasteiger partial charge in [-0.1, -0.05) is 28.9 Å². The molecule has 26 heavy (non-hydrogen) atoms. The summed E-state index contributed by atoms with van der Waals surface area (Å²) in [5.41, 5.74) is 5.48. The number of amides is 2. The summed E-state index contributed by atoms with van der Waals surface area (Å²) in [6.07, 6.45) is 0.337. The number of nitrogens with two attached hydrogens (primary N) is 1. The van der Waals surface area contributed by atoms with Crippen LogP contribution in [0, 0.1) is 18.3 Å². The lowest BCUT2D eigenvalue weighted by atomic mass is 10.1. The van der Waals surface area contributed by atoms with Gasteiger partial charge in [-0.25, -0.2) is 0 Å². The average Bonchev–Trinajstić information content (AvgIpc) is 3.12. The number of hydrogen-bond donors (Lipinski definition) is 1. The molecule has 0 aliphatic heterocycles. The first-order valence-corrected chi connectivity index (χ1v) is 7.80. The van der Waals surface area contributed by atoms with Gasteiger partial charge in [-0.15, -0.1) is 0 Å². The Hall–Kier alpha value is -3.31. The number of primary amides is 1. The van der Waals surface area contributed by atoms with Gasteiger partial charge in [-0.05, 0) is 37.6 Å². The lowest BCUT2D eigenvalue weighted by molar-refractivity contribution is -0.112. The third kappa shape index (κ3) is 4.02. The third-order valence-corrected chi connectivity index (χ3v) is 3.68. The van der Waals surface area contributed by atoms with E-state index in [1.54, 1.807) is 31.2 Å². The van der Waals surface area contributed by atoms with Crippen molar-refractivity contribution in [3.8, 4) is 6.07 Å². The first kappa shape index (κ1) is 19.0. The molecule has 1 unspecified atom stereocenters. The van der Waals surface area contributed by atoms with Crippen LogP contribution in [-0.2, 0) is 9.63 Å². The van der Waals surface area contributed by atoms with E-state index in [1.165, 1.54) is 30.2 Å². The van der Waals surface area contributed by atoms with Gasteiger partial charge in [0.1, 0.15) is 6.07 Å². The zero-order valence-corrected chi connectivity index (χ0v) is 14.7. The molecule has 2 aromatic rings. The molecule has 0 aliphatic rings. The molecule has 2 rings (SSSR count). The summed E-state index contributed by atoms with van der Waals surface area (Å²) in [6.45, 7) is 3.27. The molecule has 9 heteroatoms. The number of aryl methyl sites for hydroxylation is 1. The number of nitriles is 1. The van der Waals surface area contributed by atoms with Gasteiger partial charge in [-0.3, -0.25) is 14.5 Å². The maximum atomic E-state index is 12.9. The second kappa shape index (κ2) is 8.18. The molecule has 2 N–H and O–H groups in total. The fraction of sp³-hybridized carbons (Fsp3) is 0.176. The van der Waals surface area contributed by atoms with Gasteiger partial charge in [-0.2, -0.15) is 5.26 Å². The zero-order valence-electron chi connectivity index (χ0n) is 14.0. The molecule has 1 aromatic heterocycles. The van der Waals surface area contributed by atoms with Crippen LogP contribution in [-0.4, -0.2) is 23.8 Å². The Bertz CT molecular complexity index is 866. The fourth-order valence-electron chi connectivity index (χ4n) is 2.19. The molecule has 0 fully saturated rings. The van der Waals surface area contributed by atoms with Gasteiger partial charge in [0.05, 0.1) is 17.0 Å². The number of furan rings is 1. The molecule has 0 aliphatic carbocycles. The molecular weight excluding hydrogens is 360 g/mol. The number of anilines is 1. The number of nitrogens with zero attached hydrogens (tertiary/aromatic N) is 3. The minimum atomic E-state index is -1.04. The minimum absolute atomic E-state index is 0.0548. The number of benzene rings is 1. The third-order valence-electron chi connectivity index (χ3n) is 3.38. The summed E-state index contributed by atoms with van der Waals surface area (Å²) >= 11 is 6.27. The average molecular weight is 375 g/mol. The van der Waals surface area contributed by atoms with E-state index in [2.05, 4.69) is 5.16 Å². The smallest absolute Gasteiger partial charge is 0.297 e. The molecule has 1 heterocycles. The Balaban J connectivity index is 2.46. The van der Waals surface area contributed by atoms with E-state index in [0.717, 1.165) is 0 Å². The van der Waals surface area contributed by atoms with Gasteiger partial charge in [0.2, 0.25) is 11.9 Å². The van der Waals surface area contributed by atoms with E-state index >= 15 is 0 Å². The van der Waals surface area contributed by atoms with Gasteiger partial charge in [0.15, 0.2) is 5.76 Å². The van der Waals surface area contributed by atoms with Crippen LogP contribution in [0.15, 0.2) is 46.2 Å². The van der Waals surface area contributed by atoms with Crippen LogP contribution in [0.1, 0.15) is 23.0 Å². The molecule has 134 valence electrons. The molecule has 0 radical (unpaired) electrons. The van der Waals surface area contributed by atoms with E-state index in [0.29, 0.717) is 16.3 Å². The van der Waals surface area contributed by atoms with Crippen molar-refractivity contribution in [2.45, 2.75) is 20.1 Å².